The Kier molecular flexibility index (Phi) is 5.78. The van der Waals surface area contributed by atoms with Crippen LogP contribution >= 0.6 is 0 Å². The molecule has 1 aromatic heterocycles. The predicted octanol–water partition coefficient (Wildman–Crippen LogP) is 4.86. The lowest BCUT2D eigenvalue weighted by atomic mass is 9.94. The monoisotopic (exact) mass is 400 g/mol. The first-order valence-corrected chi connectivity index (χ1v) is 10.3. The second-order valence-corrected chi connectivity index (χ2v) is 7.96. The summed E-state index contributed by atoms with van der Waals surface area (Å²) in [6.07, 6.45) is 5.93. The second kappa shape index (κ2) is 8.64. The number of piperidine rings is 1. The van der Waals surface area contributed by atoms with Gasteiger partial charge in [-0.1, -0.05) is 30.3 Å². The van der Waals surface area contributed by atoms with E-state index in [0.717, 1.165) is 65.0 Å². The highest BCUT2D eigenvalue weighted by Gasteiger charge is 2.23. The molecule has 0 amide bonds. The molecule has 0 atom stereocenters. The van der Waals surface area contributed by atoms with E-state index in [1.165, 1.54) is 6.07 Å². The van der Waals surface area contributed by atoms with Gasteiger partial charge in [-0.3, -0.25) is 4.98 Å². The quantitative estimate of drug-likeness (QED) is 0.679. The van der Waals surface area contributed by atoms with Crippen LogP contribution in [-0.2, 0) is 6.42 Å². The van der Waals surface area contributed by atoms with Crippen LogP contribution < -0.4 is 10.6 Å². The van der Waals surface area contributed by atoms with Gasteiger partial charge in [-0.2, -0.15) is 5.26 Å². The third-order valence-corrected chi connectivity index (χ3v) is 5.67. The first-order valence-electron chi connectivity index (χ1n) is 10.3. The minimum atomic E-state index is -0.247. The van der Waals surface area contributed by atoms with Crippen LogP contribution in [0.2, 0.25) is 0 Å². The van der Waals surface area contributed by atoms with Crippen LogP contribution in [0.4, 0.5) is 10.1 Å². The summed E-state index contributed by atoms with van der Waals surface area (Å²) in [6.45, 7) is 3.61. The van der Waals surface area contributed by atoms with E-state index in [2.05, 4.69) is 16.0 Å². The number of pyridine rings is 1. The van der Waals surface area contributed by atoms with Crippen molar-refractivity contribution >= 4 is 5.69 Å². The number of benzene rings is 2. The normalized spacial score (nSPS) is 14.5. The zero-order valence-electron chi connectivity index (χ0n) is 17.1. The molecule has 2 heterocycles. The number of aromatic nitrogens is 1. The van der Waals surface area contributed by atoms with Gasteiger partial charge in [-0.25, -0.2) is 4.39 Å². The van der Waals surface area contributed by atoms with E-state index in [4.69, 9.17) is 11.0 Å². The van der Waals surface area contributed by atoms with E-state index in [9.17, 15) is 4.39 Å². The summed E-state index contributed by atoms with van der Waals surface area (Å²) in [6, 6.07) is 15.5. The van der Waals surface area contributed by atoms with Crippen LogP contribution in [0.3, 0.4) is 0 Å². The van der Waals surface area contributed by atoms with E-state index in [1.807, 2.05) is 49.6 Å². The largest absolute Gasteiger partial charge is 0.370 e. The molecule has 2 aromatic carbocycles. The molecule has 30 heavy (non-hydrogen) atoms. The summed E-state index contributed by atoms with van der Waals surface area (Å²) in [5.41, 5.74) is 12.9. The van der Waals surface area contributed by atoms with Crippen LogP contribution in [0, 0.1) is 24.1 Å². The molecule has 1 saturated heterocycles. The number of nitrogens with two attached hydrogens (primary N) is 1. The van der Waals surface area contributed by atoms with Crippen LogP contribution in [-0.4, -0.2) is 24.1 Å². The fourth-order valence-electron chi connectivity index (χ4n) is 4.13. The van der Waals surface area contributed by atoms with Crippen LogP contribution in [0.25, 0.3) is 22.3 Å². The summed E-state index contributed by atoms with van der Waals surface area (Å²) in [4.78, 5) is 6.85. The third-order valence-electron chi connectivity index (χ3n) is 5.67. The van der Waals surface area contributed by atoms with E-state index >= 15 is 0 Å². The Balaban J connectivity index is 1.86. The zero-order chi connectivity index (χ0) is 21.1. The standard InChI is InChI=1S/C25H25FN4/c1-17-12-20(14-21(26)13-17)24-16-29-15-23(19-4-2-18(3-5-19)6-9-27)25(24)30-10-7-22(28)8-11-30/h2-5,12-16,22H,6-8,10-11,28H2,1H3. The van der Waals surface area contributed by atoms with Crippen molar-refractivity contribution in [3.8, 4) is 28.3 Å². The van der Waals surface area contributed by atoms with E-state index in [0.29, 0.717) is 6.42 Å². The minimum Gasteiger partial charge on any atom is -0.370 e. The summed E-state index contributed by atoms with van der Waals surface area (Å²) >= 11 is 0. The molecule has 152 valence electrons. The Morgan fingerprint density at radius 2 is 1.73 bits per heavy atom. The number of hydrogen-bond acceptors (Lipinski definition) is 4. The number of aryl methyl sites for hydroxylation is 1. The fourth-order valence-corrected chi connectivity index (χ4v) is 4.13. The second-order valence-electron chi connectivity index (χ2n) is 7.96. The highest BCUT2D eigenvalue weighted by molar-refractivity contribution is 5.90. The topological polar surface area (TPSA) is 65.9 Å². The molecule has 0 unspecified atom stereocenters. The Labute approximate surface area is 176 Å². The van der Waals surface area contributed by atoms with Crippen molar-refractivity contribution in [1.82, 2.24) is 4.98 Å². The van der Waals surface area contributed by atoms with Crippen LogP contribution in [0.1, 0.15) is 24.0 Å². The lowest BCUT2D eigenvalue weighted by Gasteiger charge is -2.35. The molecule has 5 heteroatoms. The predicted molar refractivity (Wildman–Crippen MR) is 119 cm³/mol. The highest BCUT2D eigenvalue weighted by atomic mass is 19.1. The van der Waals surface area contributed by atoms with Gasteiger partial charge < -0.3 is 10.6 Å². The molecule has 2 N–H and O–H groups in total. The molecule has 1 fully saturated rings. The van der Waals surface area contributed by atoms with Gasteiger partial charge in [0, 0.05) is 42.7 Å². The van der Waals surface area contributed by atoms with Gasteiger partial charge in [0.25, 0.3) is 0 Å². The van der Waals surface area contributed by atoms with Crippen molar-refractivity contribution < 1.29 is 4.39 Å². The maximum atomic E-state index is 14.2. The molecular weight excluding hydrogens is 375 g/mol. The maximum absolute atomic E-state index is 14.2. The van der Waals surface area contributed by atoms with Crippen molar-refractivity contribution in [2.24, 2.45) is 5.73 Å². The van der Waals surface area contributed by atoms with Crippen molar-refractivity contribution in [2.75, 3.05) is 18.0 Å². The van der Waals surface area contributed by atoms with Crippen LogP contribution in [0.5, 0.6) is 0 Å². The molecule has 0 spiro atoms. The molecular formula is C25H25FN4. The average molecular weight is 401 g/mol. The third kappa shape index (κ3) is 4.19. The summed E-state index contributed by atoms with van der Waals surface area (Å²) < 4.78 is 14.2. The van der Waals surface area contributed by atoms with Crippen LogP contribution in [0.15, 0.2) is 54.9 Å². The van der Waals surface area contributed by atoms with Gasteiger partial charge in [0.05, 0.1) is 18.2 Å². The van der Waals surface area contributed by atoms with Gasteiger partial charge in [-0.05, 0) is 54.2 Å². The van der Waals surface area contributed by atoms with Gasteiger partial charge in [0.2, 0.25) is 0 Å². The number of nitrogens with zero attached hydrogens (tertiary/aromatic N) is 3. The van der Waals surface area contributed by atoms with E-state index in [-0.39, 0.29) is 11.9 Å². The van der Waals surface area contributed by atoms with Gasteiger partial charge >= 0.3 is 0 Å². The van der Waals surface area contributed by atoms with Crippen molar-refractivity contribution in [1.29, 1.82) is 5.26 Å². The Bertz CT molecular complexity index is 1060. The fraction of sp³-hybridized carbons (Fsp3) is 0.280. The zero-order valence-corrected chi connectivity index (χ0v) is 17.1. The number of hydrogen-bond donors (Lipinski definition) is 1. The summed E-state index contributed by atoms with van der Waals surface area (Å²) in [5, 5.41) is 8.94. The number of rotatable bonds is 4. The smallest absolute Gasteiger partial charge is 0.124 e. The van der Waals surface area contributed by atoms with Gasteiger partial charge in [0.15, 0.2) is 0 Å². The number of nitriles is 1. The highest BCUT2D eigenvalue weighted by Crippen LogP contribution is 2.40. The lowest BCUT2D eigenvalue weighted by molar-refractivity contribution is 0.501. The molecule has 3 aromatic rings. The molecule has 0 bridgehead atoms. The summed E-state index contributed by atoms with van der Waals surface area (Å²) in [5.74, 6) is -0.247. The molecule has 4 rings (SSSR count). The Morgan fingerprint density at radius 1 is 1.07 bits per heavy atom. The maximum Gasteiger partial charge on any atom is 0.124 e. The average Bonchev–Trinajstić information content (AvgIpc) is 2.74. The van der Waals surface area contributed by atoms with Crippen molar-refractivity contribution in [2.45, 2.75) is 32.2 Å². The van der Waals surface area contributed by atoms with Crippen molar-refractivity contribution in [3.05, 3.63) is 71.8 Å². The minimum absolute atomic E-state index is 0.219. The molecule has 0 radical (unpaired) electrons. The molecule has 1 aliphatic rings. The SMILES string of the molecule is Cc1cc(F)cc(-c2cncc(-c3ccc(CC#N)cc3)c2N2CCC(N)CC2)c1. The first-order chi connectivity index (χ1) is 14.5. The molecule has 0 aliphatic carbocycles. The van der Waals surface area contributed by atoms with E-state index in [1.54, 1.807) is 6.07 Å². The first kappa shape index (κ1) is 20.1. The molecule has 4 nitrogen and oxygen atoms in total. The Hall–Kier alpha value is -3.23. The molecule has 1 aliphatic heterocycles. The number of anilines is 1. The van der Waals surface area contributed by atoms with Gasteiger partial charge in [0.1, 0.15) is 5.82 Å². The van der Waals surface area contributed by atoms with Gasteiger partial charge in [-0.15, -0.1) is 0 Å². The Morgan fingerprint density at radius 3 is 2.37 bits per heavy atom. The van der Waals surface area contributed by atoms with Crippen molar-refractivity contribution in [3.63, 3.8) is 0 Å². The lowest BCUT2D eigenvalue weighted by Crippen LogP contribution is -2.40. The summed E-state index contributed by atoms with van der Waals surface area (Å²) in [7, 11) is 0. The number of halogens is 1. The van der Waals surface area contributed by atoms with E-state index < -0.39 is 0 Å². The molecule has 0 saturated carbocycles.